The molecular formula is C24H22N4O2. The van der Waals surface area contributed by atoms with E-state index in [1.54, 1.807) is 6.20 Å². The van der Waals surface area contributed by atoms with Gasteiger partial charge in [-0.2, -0.15) is 0 Å². The molecule has 3 aromatic heterocycles. The number of aliphatic hydroxyl groups is 2. The Morgan fingerprint density at radius 1 is 1.00 bits per heavy atom. The predicted molar refractivity (Wildman–Crippen MR) is 117 cm³/mol. The number of nitrogens with one attached hydrogen (secondary N) is 2. The van der Waals surface area contributed by atoms with E-state index in [9.17, 15) is 10.2 Å². The lowest BCUT2D eigenvalue weighted by Crippen LogP contribution is -2.15. The summed E-state index contributed by atoms with van der Waals surface area (Å²) in [6.45, 7) is 1.81. The summed E-state index contributed by atoms with van der Waals surface area (Å²) in [6, 6.07) is 19.5. The van der Waals surface area contributed by atoms with Gasteiger partial charge in [-0.15, -0.1) is 0 Å². The average Bonchev–Trinajstić information content (AvgIpc) is 3.36. The molecule has 0 aliphatic heterocycles. The molecule has 6 heteroatoms. The fourth-order valence-corrected chi connectivity index (χ4v) is 4.03. The van der Waals surface area contributed by atoms with E-state index in [0.717, 1.165) is 44.3 Å². The Labute approximate surface area is 173 Å². The van der Waals surface area contributed by atoms with Crippen molar-refractivity contribution in [2.45, 2.75) is 18.9 Å². The molecule has 1 unspecified atom stereocenters. The van der Waals surface area contributed by atoms with E-state index in [0.29, 0.717) is 5.69 Å². The zero-order valence-electron chi connectivity index (χ0n) is 16.5. The van der Waals surface area contributed by atoms with Crippen LogP contribution in [0.3, 0.4) is 0 Å². The zero-order chi connectivity index (χ0) is 20.7. The second-order valence-electron chi connectivity index (χ2n) is 7.59. The molecule has 0 saturated carbocycles. The maximum absolute atomic E-state index is 10.9. The average molecular weight is 398 g/mol. The molecule has 0 fully saturated rings. The van der Waals surface area contributed by atoms with Gasteiger partial charge in [-0.1, -0.05) is 30.3 Å². The molecule has 2 aromatic carbocycles. The van der Waals surface area contributed by atoms with Crippen molar-refractivity contribution < 1.29 is 10.2 Å². The second-order valence-corrected chi connectivity index (χ2v) is 7.59. The van der Waals surface area contributed by atoms with Gasteiger partial charge in [-0.3, -0.25) is 10.1 Å². The fourth-order valence-electron chi connectivity index (χ4n) is 4.03. The normalized spacial score (nSPS) is 13.7. The molecule has 0 bridgehead atoms. The minimum atomic E-state index is -0.892. The Balaban J connectivity index is 1.56. The smallest absolute Gasteiger partial charge is 0.105 e. The molecule has 2 atom stereocenters. The van der Waals surface area contributed by atoms with Crippen LogP contribution in [0, 0.1) is 6.92 Å². The Morgan fingerprint density at radius 2 is 1.83 bits per heavy atom. The van der Waals surface area contributed by atoms with Crippen molar-refractivity contribution >= 4 is 21.8 Å². The molecule has 0 aliphatic carbocycles. The Hall–Kier alpha value is -3.48. The lowest BCUT2D eigenvalue weighted by molar-refractivity contribution is 0.104. The van der Waals surface area contributed by atoms with Gasteiger partial charge in [0.15, 0.2) is 0 Å². The van der Waals surface area contributed by atoms with Crippen LogP contribution in [0.25, 0.3) is 33.1 Å². The molecule has 5 rings (SSSR count). The summed E-state index contributed by atoms with van der Waals surface area (Å²) in [7, 11) is 0. The highest BCUT2D eigenvalue weighted by Crippen LogP contribution is 2.34. The number of aliphatic hydroxyl groups excluding tert-OH is 2. The van der Waals surface area contributed by atoms with Crippen LogP contribution in [0.15, 0.2) is 66.9 Å². The van der Waals surface area contributed by atoms with Gasteiger partial charge in [0.2, 0.25) is 0 Å². The number of benzene rings is 2. The van der Waals surface area contributed by atoms with Crippen molar-refractivity contribution in [3.8, 4) is 11.3 Å². The molecule has 0 aliphatic rings. The first-order valence-corrected chi connectivity index (χ1v) is 9.91. The number of aryl methyl sites for hydroxylation is 1. The summed E-state index contributed by atoms with van der Waals surface area (Å²) >= 11 is 0. The first-order chi connectivity index (χ1) is 14.6. The topological polar surface area (TPSA) is 97.8 Å². The van der Waals surface area contributed by atoms with Crippen molar-refractivity contribution in [1.29, 1.82) is 0 Å². The number of hydrogen-bond donors (Lipinski definition) is 4. The van der Waals surface area contributed by atoms with Crippen molar-refractivity contribution in [2.75, 3.05) is 6.61 Å². The minimum Gasteiger partial charge on any atom is -0.396 e. The lowest BCUT2D eigenvalue weighted by Gasteiger charge is -2.19. The van der Waals surface area contributed by atoms with Gasteiger partial charge >= 0.3 is 0 Å². The Morgan fingerprint density at radius 3 is 2.60 bits per heavy atom. The molecule has 4 N–H and O–H groups in total. The van der Waals surface area contributed by atoms with Crippen LogP contribution in [-0.2, 0) is 0 Å². The van der Waals surface area contributed by atoms with E-state index in [-0.39, 0.29) is 6.61 Å². The fraction of sp³-hybridized carbons (Fsp3) is 0.167. The molecule has 0 amide bonds. The van der Waals surface area contributed by atoms with E-state index < -0.39 is 12.0 Å². The molecule has 5 aromatic rings. The summed E-state index contributed by atoms with van der Waals surface area (Å²) < 4.78 is 0. The van der Waals surface area contributed by atoms with Gasteiger partial charge in [0.1, 0.15) is 6.10 Å². The third-order valence-corrected chi connectivity index (χ3v) is 5.61. The van der Waals surface area contributed by atoms with Crippen LogP contribution in [0.2, 0.25) is 0 Å². The number of fused-ring (bicyclic) bond motifs is 2. The van der Waals surface area contributed by atoms with Crippen LogP contribution in [0.5, 0.6) is 0 Å². The minimum absolute atomic E-state index is 0.157. The summed E-state index contributed by atoms with van der Waals surface area (Å²) in [4.78, 5) is 8.92. The molecule has 0 spiro atoms. The van der Waals surface area contributed by atoms with Gasteiger partial charge < -0.3 is 15.3 Å². The van der Waals surface area contributed by atoms with Crippen LogP contribution < -0.4 is 0 Å². The van der Waals surface area contributed by atoms with E-state index in [2.05, 4.69) is 26.2 Å². The van der Waals surface area contributed by atoms with Crippen molar-refractivity contribution in [3.05, 3.63) is 83.8 Å². The molecule has 3 heterocycles. The third kappa shape index (κ3) is 3.16. The number of H-pyrrole nitrogens is 2. The summed E-state index contributed by atoms with van der Waals surface area (Å²) in [5.41, 5.74) is 6.17. The van der Waals surface area contributed by atoms with Crippen LogP contribution in [0.4, 0.5) is 0 Å². The molecule has 0 saturated heterocycles. The van der Waals surface area contributed by atoms with Crippen LogP contribution >= 0.6 is 0 Å². The summed E-state index contributed by atoms with van der Waals surface area (Å²) in [5, 5.41) is 29.3. The summed E-state index contributed by atoms with van der Waals surface area (Å²) in [5.74, 6) is -0.427. The number of pyridine rings is 1. The monoisotopic (exact) mass is 398 g/mol. The molecule has 30 heavy (non-hydrogen) atoms. The predicted octanol–water partition coefficient (Wildman–Crippen LogP) is 4.22. The van der Waals surface area contributed by atoms with Crippen LogP contribution in [0.1, 0.15) is 29.0 Å². The van der Waals surface area contributed by atoms with E-state index >= 15 is 0 Å². The SMILES string of the molecule is Cc1cc(-c2[nH][nH]c3cc4nc(C(O)[C@H](CO)c5ccccc5)cc4cc23)ccn1. The maximum Gasteiger partial charge on any atom is 0.105 e. The van der Waals surface area contributed by atoms with E-state index in [1.165, 1.54) is 0 Å². The number of aromatic amines is 2. The van der Waals surface area contributed by atoms with Gasteiger partial charge in [-0.25, -0.2) is 4.98 Å². The molecule has 0 radical (unpaired) electrons. The lowest BCUT2D eigenvalue weighted by atomic mass is 9.92. The van der Waals surface area contributed by atoms with Gasteiger partial charge in [-0.05, 0) is 42.8 Å². The van der Waals surface area contributed by atoms with Gasteiger partial charge in [0, 0.05) is 34.1 Å². The number of rotatable bonds is 5. The maximum atomic E-state index is 10.9. The highest BCUT2D eigenvalue weighted by atomic mass is 16.3. The Kier molecular flexibility index (Phi) is 4.58. The molecule has 150 valence electrons. The van der Waals surface area contributed by atoms with Crippen LogP contribution in [-0.4, -0.2) is 37.0 Å². The number of hydrogen-bond acceptors (Lipinski definition) is 4. The van der Waals surface area contributed by atoms with E-state index in [4.69, 9.17) is 0 Å². The highest BCUT2D eigenvalue weighted by molar-refractivity contribution is 6.01. The molecule has 6 nitrogen and oxygen atoms in total. The quantitative estimate of drug-likeness (QED) is 0.356. The first kappa shape index (κ1) is 18.5. The summed E-state index contributed by atoms with van der Waals surface area (Å²) in [6.07, 6.45) is 0.907. The van der Waals surface area contributed by atoms with Crippen molar-refractivity contribution in [1.82, 2.24) is 20.2 Å². The van der Waals surface area contributed by atoms with Crippen molar-refractivity contribution in [3.63, 3.8) is 0 Å². The standard InChI is InChI=1S/C24H22N4O2/c1-14-9-16(7-8-25-14)23-18-10-17-11-22(26-20(17)12-21(18)27-28-23)24(30)19(13-29)15-5-3-2-4-6-15/h2-12,19,24,27-30H,13H2,1H3/t19-,24?/m1/s1. The number of aromatic nitrogens is 4. The van der Waals surface area contributed by atoms with Gasteiger partial charge in [0.05, 0.1) is 29.0 Å². The second kappa shape index (κ2) is 7.40. The Bertz CT molecular complexity index is 1320. The first-order valence-electron chi connectivity index (χ1n) is 9.91. The molecular weight excluding hydrogens is 376 g/mol. The zero-order valence-corrected chi connectivity index (χ0v) is 16.5. The third-order valence-electron chi connectivity index (χ3n) is 5.61. The van der Waals surface area contributed by atoms with E-state index in [1.807, 2.05) is 61.5 Å². The largest absolute Gasteiger partial charge is 0.396 e. The highest BCUT2D eigenvalue weighted by Gasteiger charge is 2.24. The van der Waals surface area contributed by atoms with Crippen molar-refractivity contribution in [2.24, 2.45) is 0 Å². The van der Waals surface area contributed by atoms with Gasteiger partial charge in [0.25, 0.3) is 0 Å². The number of nitrogens with zero attached hydrogens (tertiary/aromatic N) is 2.